The number of ketones is 1. The number of nitrogens with two attached hydrogens (primary N) is 1. The first-order chi connectivity index (χ1) is 27.0. The monoisotopic (exact) mass is 740 g/mol. The largest absolute Gasteiger partial charge is 0.444 e. The third-order valence-corrected chi connectivity index (χ3v) is 11.8. The van der Waals surface area contributed by atoms with Crippen LogP contribution >= 0.6 is 0 Å². The lowest BCUT2D eigenvalue weighted by Gasteiger charge is -2.43. The van der Waals surface area contributed by atoms with Crippen molar-refractivity contribution in [2.24, 2.45) is 17.6 Å². The van der Waals surface area contributed by atoms with E-state index in [0.29, 0.717) is 41.9 Å². The van der Waals surface area contributed by atoms with E-state index in [2.05, 4.69) is 23.5 Å². The summed E-state index contributed by atoms with van der Waals surface area (Å²) in [6, 6.07) is 37.0. The van der Waals surface area contributed by atoms with Gasteiger partial charge in [-0.3, -0.25) is 14.6 Å². The van der Waals surface area contributed by atoms with Crippen molar-refractivity contribution in [1.82, 2.24) is 5.32 Å². The Morgan fingerprint density at radius 1 is 0.618 bits per heavy atom. The molecular formula is C46H52N4O5. The minimum Gasteiger partial charge on any atom is -0.444 e. The molecule has 55 heavy (non-hydrogen) atoms. The highest BCUT2D eigenvalue weighted by molar-refractivity contribution is 6.09. The molecule has 5 atom stereocenters. The van der Waals surface area contributed by atoms with Gasteiger partial charge in [0.2, 0.25) is 0 Å². The number of Topliss-reactive ketones (excluding diaryl/α,β-unsaturated/α-hetero) is 1. The third kappa shape index (κ3) is 8.48. The average Bonchev–Trinajstić information content (AvgIpc) is 4.11. The lowest BCUT2D eigenvalue weighted by atomic mass is 9.83. The summed E-state index contributed by atoms with van der Waals surface area (Å²) in [5, 5.41) is 3.86. The quantitative estimate of drug-likeness (QED) is 0.203. The molecule has 6 aliphatic rings. The molecule has 9 nitrogen and oxygen atoms in total. The molecule has 0 aromatic heterocycles. The molecule has 10 rings (SSSR count). The van der Waals surface area contributed by atoms with Crippen molar-refractivity contribution in [3.05, 3.63) is 131 Å². The average molecular weight is 741 g/mol. The highest BCUT2D eigenvalue weighted by atomic mass is 16.6. The maximum atomic E-state index is 13.1. The molecule has 4 aromatic carbocycles. The van der Waals surface area contributed by atoms with E-state index < -0.39 is 0 Å². The highest BCUT2D eigenvalue weighted by Crippen LogP contribution is 2.49. The second-order valence-electron chi connectivity index (χ2n) is 15.8. The zero-order valence-electron chi connectivity index (χ0n) is 31.4. The number of rotatable bonds is 6. The molecule has 2 amide bonds. The minimum atomic E-state index is -0.365. The Bertz CT molecular complexity index is 1950. The van der Waals surface area contributed by atoms with Crippen LogP contribution in [0.2, 0.25) is 0 Å². The normalized spacial score (nSPS) is 24.5. The van der Waals surface area contributed by atoms with Gasteiger partial charge in [0.05, 0.1) is 17.4 Å². The van der Waals surface area contributed by atoms with Gasteiger partial charge in [-0.2, -0.15) is 0 Å². The number of benzene rings is 4. The van der Waals surface area contributed by atoms with Gasteiger partial charge in [0.15, 0.2) is 5.78 Å². The van der Waals surface area contributed by atoms with E-state index in [-0.39, 0.29) is 42.6 Å². The zero-order chi connectivity index (χ0) is 37.7. The van der Waals surface area contributed by atoms with E-state index in [1.54, 1.807) is 4.90 Å². The Morgan fingerprint density at radius 2 is 1.15 bits per heavy atom. The lowest BCUT2D eigenvalue weighted by Crippen LogP contribution is -2.51. The second-order valence-corrected chi connectivity index (χ2v) is 15.8. The third-order valence-electron chi connectivity index (χ3n) is 11.8. The number of anilines is 2. The first-order valence-electron chi connectivity index (χ1n) is 20.2. The number of nitrogens with one attached hydrogen (secondary N) is 1. The van der Waals surface area contributed by atoms with E-state index in [1.165, 1.54) is 44.1 Å². The van der Waals surface area contributed by atoms with E-state index in [0.717, 1.165) is 42.5 Å². The topological polar surface area (TPSA) is 114 Å². The van der Waals surface area contributed by atoms with E-state index in [9.17, 15) is 14.4 Å². The van der Waals surface area contributed by atoms with Gasteiger partial charge >= 0.3 is 12.2 Å². The van der Waals surface area contributed by atoms with Crippen molar-refractivity contribution >= 4 is 29.3 Å². The number of amides is 2. The van der Waals surface area contributed by atoms with Crippen LogP contribution in [0.15, 0.2) is 109 Å². The number of hydrogen-bond acceptors (Lipinski definition) is 7. The molecule has 4 aliphatic carbocycles. The summed E-state index contributed by atoms with van der Waals surface area (Å²) in [5.41, 5.74) is 10.8. The summed E-state index contributed by atoms with van der Waals surface area (Å²) in [5.74, 6) is 0.550. The van der Waals surface area contributed by atoms with Crippen LogP contribution in [0.3, 0.4) is 0 Å². The van der Waals surface area contributed by atoms with Crippen molar-refractivity contribution < 1.29 is 23.9 Å². The Balaban J connectivity index is 0.000000142. The predicted molar refractivity (Wildman–Crippen MR) is 214 cm³/mol. The van der Waals surface area contributed by atoms with Gasteiger partial charge in [0, 0.05) is 35.6 Å². The summed E-state index contributed by atoms with van der Waals surface area (Å²) in [7, 11) is 0. The standard InChI is InChI=1S/C23H26N2O2.C20H19NO3.C3H7N/c26-23(27-15-16-7-2-1-3-8-16)25-20-11-5-4-9-18(20)22(24-17-13-14-17)19-10-6-12-21(19)25;22-19-15-9-4-5-11-17(15)21(18-12-6-10-16(18)19)20(23)24-13-14-7-2-1-3-8-14;4-3-1-2-3/h1-5,7-9,11,17,19,21-22,24H,6,10,12-15H2;1-5,7-9,11,16,18H,6,10,12-13H2;3H,1-2,4H2. The summed E-state index contributed by atoms with van der Waals surface area (Å²) >= 11 is 0. The van der Waals surface area contributed by atoms with Gasteiger partial charge in [-0.05, 0) is 92.2 Å². The van der Waals surface area contributed by atoms with Crippen LogP contribution in [0, 0.1) is 11.8 Å². The molecule has 3 N–H and O–H groups in total. The van der Waals surface area contributed by atoms with Crippen LogP contribution in [0.4, 0.5) is 21.0 Å². The Labute approximate surface area is 324 Å². The fraction of sp³-hybridized carbons (Fsp3) is 0.413. The maximum Gasteiger partial charge on any atom is 0.414 e. The fourth-order valence-electron chi connectivity index (χ4n) is 8.74. The summed E-state index contributed by atoms with van der Waals surface area (Å²) in [6.45, 7) is 0.559. The molecule has 286 valence electrons. The molecule has 4 saturated carbocycles. The number of carbonyl (C=O) groups excluding carboxylic acids is 3. The molecule has 0 spiro atoms. The number of ether oxygens (including phenoxy) is 2. The number of para-hydroxylation sites is 2. The van der Waals surface area contributed by atoms with Crippen molar-refractivity contribution in [3.8, 4) is 0 Å². The molecule has 0 bridgehead atoms. The molecule has 4 fully saturated rings. The summed E-state index contributed by atoms with van der Waals surface area (Å²) < 4.78 is 11.3. The van der Waals surface area contributed by atoms with Gasteiger partial charge in [-0.1, -0.05) is 104 Å². The molecule has 0 radical (unpaired) electrons. The number of carbonyl (C=O) groups is 3. The zero-order valence-corrected chi connectivity index (χ0v) is 31.4. The predicted octanol–water partition coefficient (Wildman–Crippen LogP) is 9.11. The van der Waals surface area contributed by atoms with Gasteiger partial charge in [-0.15, -0.1) is 0 Å². The SMILES string of the molecule is NC1CC1.O=C(OCc1ccccc1)N1c2ccccc2C(NC2CC2)C2CCCC21.O=C1c2ccccc2N(C(=O)OCc2ccccc2)C2CCCC12. The summed E-state index contributed by atoms with van der Waals surface area (Å²) in [6.07, 6.45) is 10.6. The first-order valence-corrected chi connectivity index (χ1v) is 20.2. The van der Waals surface area contributed by atoms with E-state index in [4.69, 9.17) is 15.2 Å². The van der Waals surface area contributed by atoms with Crippen molar-refractivity contribution in [1.29, 1.82) is 0 Å². The Kier molecular flexibility index (Phi) is 11.3. The molecule has 2 aliphatic heterocycles. The van der Waals surface area contributed by atoms with Crippen LogP contribution in [-0.2, 0) is 22.7 Å². The van der Waals surface area contributed by atoms with Crippen molar-refractivity contribution in [3.63, 3.8) is 0 Å². The molecule has 4 aromatic rings. The number of fused-ring (bicyclic) bond motifs is 4. The van der Waals surface area contributed by atoms with Crippen LogP contribution in [0.25, 0.3) is 0 Å². The van der Waals surface area contributed by atoms with Crippen LogP contribution < -0.4 is 20.9 Å². The Hall–Kier alpha value is -4.99. The molecule has 5 unspecified atom stereocenters. The summed E-state index contributed by atoms with van der Waals surface area (Å²) in [4.78, 5) is 42.2. The maximum absolute atomic E-state index is 13.1. The van der Waals surface area contributed by atoms with Crippen LogP contribution in [0.5, 0.6) is 0 Å². The smallest absolute Gasteiger partial charge is 0.414 e. The van der Waals surface area contributed by atoms with Crippen molar-refractivity contribution in [2.75, 3.05) is 9.80 Å². The van der Waals surface area contributed by atoms with E-state index >= 15 is 0 Å². The highest BCUT2D eigenvalue weighted by Gasteiger charge is 2.48. The second kappa shape index (κ2) is 16.8. The molecule has 2 heterocycles. The molecule has 9 heteroatoms. The van der Waals surface area contributed by atoms with Crippen LogP contribution in [0.1, 0.15) is 97.3 Å². The molecular weight excluding hydrogens is 689 g/mol. The number of hydrogen-bond donors (Lipinski definition) is 2. The first kappa shape index (κ1) is 37.0. The van der Waals surface area contributed by atoms with Gasteiger partial charge in [0.25, 0.3) is 0 Å². The fourth-order valence-corrected chi connectivity index (χ4v) is 8.74. The van der Waals surface area contributed by atoms with Gasteiger partial charge in [-0.25, -0.2) is 9.59 Å². The number of nitrogens with zero attached hydrogens (tertiary/aromatic N) is 2. The minimum absolute atomic E-state index is 0.0735. The van der Waals surface area contributed by atoms with E-state index in [1.807, 2.05) is 95.9 Å². The van der Waals surface area contributed by atoms with Gasteiger partial charge < -0.3 is 20.5 Å². The molecule has 0 saturated heterocycles. The van der Waals surface area contributed by atoms with Crippen LogP contribution in [-0.4, -0.2) is 42.1 Å². The van der Waals surface area contributed by atoms with Gasteiger partial charge in [0.1, 0.15) is 13.2 Å². The lowest BCUT2D eigenvalue weighted by molar-refractivity contribution is 0.0895. The van der Waals surface area contributed by atoms with Crippen molar-refractivity contribution in [2.45, 2.75) is 108 Å². The Morgan fingerprint density at radius 3 is 1.76 bits per heavy atom.